The number of carbonyl (C=O) groups is 1. The fourth-order valence-electron chi connectivity index (χ4n) is 1.01. The number of benzene rings is 1. The maximum Gasteiger partial charge on any atom is 0.317 e. The summed E-state index contributed by atoms with van der Waals surface area (Å²) in [5, 5.41) is 0. The summed E-state index contributed by atoms with van der Waals surface area (Å²) in [5.41, 5.74) is 0.271. The van der Waals surface area contributed by atoms with Crippen LogP contribution in [0.4, 0.5) is 4.39 Å². The summed E-state index contributed by atoms with van der Waals surface area (Å²) < 4.78 is 18.6. The highest BCUT2D eigenvalue weighted by atomic mass is 79.9. The smallest absolute Gasteiger partial charge is 0.317 e. The molecule has 0 radical (unpaired) electrons. The average molecular weight is 285 g/mol. The standard InChI is InChI=1S/C12H10BrFO2/c1-2-16-12(15)5-3-4-9-6-7-10(13)8-11(9)14/h6-8H,2,5H2,1H3. The predicted octanol–water partition coefficient (Wildman–Crippen LogP) is 2.89. The molecular weight excluding hydrogens is 275 g/mol. The Labute approximate surface area is 102 Å². The van der Waals surface area contributed by atoms with Gasteiger partial charge >= 0.3 is 5.97 Å². The van der Waals surface area contributed by atoms with E-state index in [9.17, 15) is 9.18 Å². The van der Waals surface area contributed by atoms with Gasteiger partial charge < -0.3 is 4.74 Å². The van der Waals surface area contributed by atoms with Crippen molar-refractivity contribution in [2.45, 2.75) is 13.3 Å². The molecule has 84 valence electrons. The first-order chi connectivity index (χ1) is 7.63. The van der Waals surface area contributed by atoms with Crippen LogP contribution in [0.3, 0.4) is 0 Å². The van der Waals surface area contributed by atoms with E-state index in [0.29, 0.717) is 11.1 Å². The normalized spacial score (nSPS) is 9.19. The quantitative estimate of drug-likeness (QED) is 0.617. The van der Waals surface area contributed by atoms with Crippen LogP contribution in [0.5, 0.6) is 0 Å². The lowest BCUT2D eigenvalue weighted by Crippen LogP contribution is -2.01. The Morgan fingerprint density at radius 3 is 2.94 bits per heavy atom. The van der Waals surface area contributed by atoms with E-state index in [1.165, 1.54) is 6.07 Å². The van der Waals surface area contributed by atoms with E-state index in [4.69, 9.17) is 0 Å². The SMILES string of the molecule is CCOC(=O)CC#Cc1ccc(Br)cc1F. The molecule has 0 saturated carbocycles. The lowest BCUT2D eigenvalue weighted by molar-refractivity contribution is -0.141. The van der Waals surface area contributed by atoms with Gasteiger partial charge in [0.2, 0.25) is 0 Å². The van der Waals surface area contributed by atoms with E-state index in [-0.39, 0.29) is 12.0 Å². The Bertz CT molecular complexity index is 446. The summed E-state index contributed by atoms with van der Waals surface area (Å²) in [4.78, 5) is 10.9. The Morgan fingerprint density at radius 2 is 2.31 bits per heavy atom. The van der Waals surface area contributed by atoms with Gasteiger partial charge in [0.1, 0.15) is 12.2 Å². The van der Waals surface area contributed by atoms with E-state index in [2.05, 4.69) is 32.5 Å². The summed E-state index contributed by atoms with van der Waals surface area (Å²) in [6.07, 6.45) is -0.0245. The van der Waals surface area contributed by atoms with Gasteiger partial charge in [0.25, 0.3) is 0 Å². The largest absolute Gasteiger partial charge is 0.465 e. The molecule has 0 bridgehead atoms. The lowest BCUT2D eigenvalue weighted by atomic mass is 10.2. The molecule has 0 aliphatic rings. The molecule has 1 aromatic rings. The molecule has 0 unspecified atom stereocenters. The van der Waals surface area contributed by atoms with Crippen molar-refractivity contribution < 1.29 is 13.9 Å². The van der Waals surface area contributed by atoms with Crippen molar-refractivity contribution in [2.24, 2.45) is 0 Å². The summed E-state index contributed by atoms with van der Waals surface area (Å²) in [6.45, 7) is 2.05. The zero-order valence-electron chi connectivity index (χ0n) is 8.72. The van der Waals surface area contributed by atoms with E-state index >= 15 is 0 Å². The van der Waals surface area contributed by atoms with Crippen molar-refractivity contribution in [2.75, 3.05) is 6.61 Å². The zero-order chi connectivity index (χ0) is 12.0. The topological polar surface area (TPSA) is 26.3 Å². The minimum Gasteiger partial charge on any atom is -0.465 e. The molecule has 0 aliphatic carbocycles. The third-order valence-electron chi connectivity index (χ3n) is 1.69. The van der Waals surface area contributed by atoms with Gasteiger partial charge in [-0.1, -0.05) is 27.8 Å². The predicted molar refractivity (Wildman–Crippen MR) is 62.2 cm³/mol. The molecule has 2 nitrogen and oxygen atoms in total. The van der Waals surface area contributed by atoms with Gasteiger partial charge in [-0.15, -0.1) is 0 Å². The Morgan fingerprint density at radius 1 is 1.56 bits per heavy atom. The van der Waals surface area contributed by atoms with Gasteiger partial charge in [-0.2, -0.15) is 0 Å². The second kappa shape index (κ2) is 6.29. The van der Waals surface area contributed by atoms with Crippen LogP contribution >= 0.6 is 15.9 Å². The van der Waals surface area contributed by atoms with E-state index in [1.807, 2.05) is 0 Å². The van der Waals surface area contributed by atoms with Gasteiger partial charge in [-0.25, -0.2) is 4.39 Å². The highest BCUT2D eigenvalue weighted by Crippen LogP contribution is 2.14. The molecule has 4 heteroatoms. The molecule has 0 aromatic heterocycles. The highest BCUT2D eigenvalue weighted by Gasteiger charge is 2.00. The minimum absolute atomic E-state index is 0.0245. The highest BCUT2D eigenvalue weighted by molar-refractivity contribution is 9.10. The fourth-order valence-corrected chi connectivity index (χ4v) is 1.35. The second-order valence-electron chi connectivity index (χ2n) is 2.91. The molecule has 0 saturated heterocycles. The average Bonchev–Trinajstić information content (AvgIpc) is 2.22. The molecule has 1 rings (SSSR count). The Hall–Kier alpha value is -1.34. The number of halogens is 2. The van der Waals surface area contributed by atoms with Gasteiger partial charge in [0.15, 0.2) is 0 Å². The zero-order valence-corrected chi connectivity index (χ0v) is 10.3. The third kappa shape index (κ3) is 4.03. The number of carbonyl (C=O) groups excluding carboxylic acids is 1. The van der Waals surface area contributed by atoms with E-state index in [0.717, 1.165) is 0 Å². The van der Waals surface area contributed by atoms with Crippen molar-refractivity contribution in [3.63, 3.8) is 0 Å². The number of esters is 1. The number of hydrogen-bond acceptors (Lipinski definition) is 2. The molecule has 0 amide bonds. The molecule has 0 aliphatic heterocycles. The first-order valence-corrected chi connectivity index (χ1v) is 5.52. The monoisotopic (exact) mass is 284 g/mol. The number of ether oxygens (including phenoxy) is 1. The van der Waals surface area contributed by atoms with Crippen LogP contribution in [-0.4, -0.2) is 12.6 Å². The van der Waals surface area contributed by atoms with Crippen LogP contribution in [0.25, 0.3) is 0 Å². The Kier molecular flexibility index (Phi) is 5.00. The molecule has 16 heavy (non-hydrogen) atoms. The molecule has 0 N–H and O–H groups in total. The van der Waals surface area contributed by atoms with Crippen LogP contribution in [-0.2, 0) is 9.53 Å². The molecular formula is C12H10BrFO2. The molecule has 0 heterocycles. The molecule has 0 atom stereocenters. The van der Waals surface area contributed by atoms with Crippen LogP contribution in [0.1, 0.15) is 18.9 Å². The van der Waals surface area contributed by atoms with Crippen molar-refractivity contribution in [3.05, 3.63) is 34.1 Å². The van der Waals surface area contributed by atoms with E-state index in [1.54, 1.807) is 19.1 Å². The second-order valence-corrected chi connectivity index (χ2v) is 3.82. The van der Waals surface area contributed by atoms with E-state index < -0.39 is 11.8 Å². The van der Waals surface area contributed by atoms with Crippen LogP contribution in [0.15, 0.2) is 22.7 Å². The van der Waals surface area contributed by atoms with Gasteiger partial charge in [0, 0.05) is 4.47 Å². The fraction of sp³-hybridized carbons (Fsp3) is 0.250. The third-order valence-corrected chi connectivity index (χ3v) is 2.19. The van der Waals surface area contributed by atoms with Gasteiger partial charge in [-0.3, -0.25) is 4.79 Å². The molecule has 1 aromatic carbocycles. The van der Waals surface area contributed by atoms with Crippen LogP contribution in [0, 0.1) is 17.7 Å². The number of hydrogen-bond donors (Lipinski definition) is 0. The molecule has 0 fully saturated rings. The summed E-state index contributed by atoms with van der Waals surface area (Å²) in [6, 6.07) is 4.57. The van der Waals surface area contributed by atoms with Gasteiger partial charge in [0.05, 0.1) is 12.2 Å². The van der Waals surface area contributed by atoms with Crippen molar-refractivity contribution in [1.82, 2.24) is 0 Å². The van der Waals surface area contributed by atoms with Crippen molar-refractivity contribution in [3.8, 4) is 11.8 Å². The van der Waals surface area contributed by atoms with Crippen LogP contribution < -0.4 is 0 Å². The molecule has 0 spiro atoms. The lowest BCUT2D eigenvalue weighted by Gasteiger charge is -1.96. The van der Waals surface area contributed by atoms with Crippen molar-refractivity contribution in [1.29, 1.82) is 0 Å². The summed E-state index contributed by atoms with van der Waals surface area (Å²) >= 11 is 3.15. The minimum atomic E-state index is -0.411. The van der Waals surface area contributed by atoms with Crippen molar-refractivity contribution >= 4 is 21.9 Å². The van der Waals surface area contributed by atoms with Gasteiger partial charge in [-0.05, 0) is 25.1 Å². The Balaban J connectivity index is 2.66. The first-order valence-electron chi connectivity index (χ1n) is 4.73. The maximum atomic E-state index is 13.3. The maximum absolute atomic E-state index is 13.3. The summed E-state index contributed by atoms with van der Waals surface area (Å²) in [7, 11) is 0. The summed E-state index contributed by atoms with van der Waals surface area (Å²) in [5.74, 6) is 4.34. The number of rotatable bonds is 2. The first kappa shape index (κ1) is 12.7. The van der Waals surface area contributed by atoms with Crippen LogP contribution in [0.2, 0.25) is 0 Å².